The molecule has 2 atom stereocenters. The number of hydrogen-bond acceptors (Lipinski definition) is 1. The van der Waals surface area contributed by atoms with Crippen LogP contribution in [0.15, 0.2) is 24.3 Å². The van der Waals surface area contributed by atoms with E-state index in [0.717, 1.165) is 31.2 Å². The molecule has 0 spiro atoms. The molecule has 1 aromatic rings. The third kappa shape index (κ3) is 2.64. The lowest BCUT2D eigenvalue weighted by Gasteiger charge is -2.37. The Hall–Kier alpha value is -1.02. The van der Waals surface area contributed by atoms with Gasteiger partial charge in [-0.1, -0.05) is 29.8 Å². The van der Waals surface area contributed by atoms with E-state index in [1.54, 1.807) is 0 Å². The highest BCUT2D eigenvalue weighted by atomic mass is 35.5. The Morgan fingerprint density at radius 3 is 2.37 bits per heavy atom. The molecule has 0 N–H and O–H groups in total. The maximum atomic E-state index is 12.5. The van der Waals surface area contributed by atoms with Crippen LogP contribution >= 0.6 is 11.6 Å². The van der Waals surface area contributed by atoms with Gasteiger partial charge in [0.2, 0.25) is 5.91 Å². The second kappa shape index (κ2) is 5.16. The summed E-state index contributed by atoms with van der Waals surface area (Å²) < 4.78 is 0. The molecule has 1 amide bonds. The first-order valence-corrected chi connectivity index (χ1v) is 7.58. The Kier molecular flexibility index (Phi) is 3.53. The molecule has 0 saturated carbocycles. The van der Waals surface area contributed by atoms with Gasteiger partial charge in [-0.05, 0) is 38.2 Å². The standard InChI is InChI=1S/C16H20ClNO/c1-11-2-4-12(5-3-11)8-16(19)18-14-6-7-15(18)10-13(17)9-14/h2-5,13-15H,6-10H2,1H3. The monoisotopic (exact) mass is 277 g/mol. The van der Waals surface area contributed by atoms with Crippen molar-refractivity contribution in [2.24, 2.45) is 0 Å². The number of hydrogen-bond donors (Lipinski definition) is 0. The number of aryl methyl sites for hydroxylation is 1. The summed E-state index contributed by atoms with van der Waals surface area (Å²) in [6, 6.07) is 9.04. The first-order chi connectivity index (χ1) is 9.13. The molecule has 102 valence electrons. The molecule has 2 nitrogen and oxygen atoms in total. The Balaban J connectivity index is 1.69. The fraction of sp³-hybridized carbons (Fsp3) is 0.562. The van der Waals surface area contributed by atoms with Crippen LogP contribution in [0, 0.1) is 6.92 Å². The fourth-order valence-electron chi connectivity index (χ4n) is 3.49. The van der Waals surface area contributed by atoms with E-state index in [0.29, 0.717) is 18.5 Å². The van der Waals surface area contributed by atoms with Crippen LogP contribution < -0.4 is 0 Å². The number of alkyl halides is 1. The molecule has 0 aromatic heterocycles. The lowest BCUT2D eigenvalue weighted by atomic mass is 10.0. The topological polar surface area (TPSA) is 20.3 Å². The van der Waals surface area contributed by atoms with Crippen molar-refractivity contribution in [3.8, 4) is 0 Å². The maximum Gasteiger partial charge on any atom is 0.227 e. The molecule has 3 heteroatoms. The second-order valence-corrected chi connectivity index (χ2v) is 6.53. The molecule has 2 saturated heterocycles. The smallest absolute Gasteiger partial charge is 0.227 e. The zero-order valence-electron chi connectivity index (χ0n) is 11.3. The number of fused-ring (bicyclic) bond motifs is 2. The van der Waals surface area contributed by atoms with Gasteiger partial charge in [-0.25, -0.2) is 0 Å². The van der Waals surface area contributed by atoms with Crippen LogP contribution in [-0.4, -0.2) is 28.3 Å². The van der Waals surface area contributed by atoms with E-state index in [1.807, 2.05) is 0 Å². The van der Waals surface area contributed by atoms with Crippen LogP contribution in [0.1, 0.15) is 36.8 Å². The summed E-state index contributed by atoms with van der Waals surface area (Å²) >= 11 is 6.26. The zero-order valence-corrected chi connectivity index (χ0v) is 12.1. The predicted octanol–water partition coefficient (Wildman–Crippen LogP) is 3.30. The quantitative estimate of drug-likeness (QED) is 0.760. The lowest BCUT2D eigenvalue weighted by molar-refractivity contribution is -0.134. The minimum Gasteiger partial charge on any atom is -0.336 e. The molecule has 2 fully saturated rings. The van der Waals surface area contributed by atoms with Crippen molar-refractivity contribution in [2.75, 3.05) is 0 Å². The number of halogens is 1. The second-order valence-electron chi connectivity index (χ2n) is 5.92. The van der Waals surface area contributed by atoms with Gasteiger partial charge in [-0.3, -0.25) is 4.79 Å². The average Bonchev–Trinajstić information content (AvgIpc) is 2.65. The Labute approximate surface area is 119 Å². The number of amides is 1. The summed E-state index contributed by atoms with van der Waals surface area (Å²) in [5.74, 6) is 0.278. The summed E-state index contributed by atoms with van der Waals surface area (Å²) in [4.78, 5) is 14.6. The van der Waals surface area contributed by atoms with E-state index in [9.17, 15) is 4.79 Å². The van der Waals surface area contributed by atoms with Gasteiger partial charge >= 0.3 is 0 Å². The lowest BCUT2D eigenvalue weighted by Crippen LogP contribution is -2.47. The van der Waals surface area contributed by atoms with E-state index in [1.165, 1.54) is 5.56 Å². The van der Waals surface area contributed by atoms with E-state index in [-0.39, 0.29) is 11.3 Å². The maximum absolute atomic E-state index is 12.5. The van der Waals surface area contributed by atoms with Crippen LogP contribution in [0.4, 0.5) is 0 Å². The fourth-order valence-corrected chi connectivity index (χ4v) is 3.90. The van der Waals surface area contributed by atoms with Gasteiger partial charge in [0, 0.05) is 17.5 Å². The number of carbonyl (C=O) groups is 1. The number of carbonyl (C=O) groups excluding carboxylic acids is 1. The van der Waals surface area contributed by atoms with Crippen molar-refractivity contribution in [1.82, 2.24) is 4.90 Å². The van der Waals surface area contributed by atoms with Crippen molar-refractivity contribution in [3.63, 3.8) is 0 Å². The van der Waals surface area contributed by atoms with Crippen LogP contribution in [-0.2, 0) is 11.2 Å². The largest absolute Gasteiger partial charge is 0.336 e. The highest BCUT2D eigenvalue weighted by Gasteiger charge is 2.42. The molecule has 3 rings (SSSR count). The van der Waals surface area contributed by atoms with E-state index < -0.39 is 0 Å². The van der Waals surface area contributed by atoms with E-state index >= 15 is 0 Å². The normalized spacial score (nSPS) is 29.6. The number of benzene rings is 1. The van der Waals surface area contributed by atoms with Crippen molar-refractivity contribution >= 4 is 17.5 Å². The molecule has 2 aliphatic rings. The molecular weight excluding hydrogens is 258 g/mol. The third-order valence-electron chi connectivity index (χ3n) is 4.44. The summed E-state index contributed by atoms with van der Waals surface area (Å²) in [5, 5.41) is 0.265. The molecule has 19 heavy (non-hydrogen) atoms. The van der Waals surface area contributed by atoms with Gasteiger partial charge in [-0.15, -0.1) is 11.6 Å². The molecule has 2 unspecified atom stereocenters. The summed E-state index contributed by atoms with van der Waals surface area (Å²) in [6.45, 7) is 2.07. The van der Waals surface area contributed by atoms with Crippen molar-refractivity contribution in [3.05, 3.63) is 35.4 Å². The molecule has 0 aliphatic carbocycles. The summed E-state index contributed by atoms with van der Waals surface area (Å²) in [7, 11) is 0. The van der Waals surface area contributed by atoms with Crippen molar-refractivity contribution in [1.29, 1.82) is 0 Å². The van der Waals surface area contributed by atoms with Gasteiger partial charge in [0.25, 0.3) is 0 Å². The van der Waals surface area contributed by atoms with Gasteiger partial charge < -0.3 is 4.90 Å². The first-order valence-electron chi connectivity index (χ1n) is 7.14. The molecule has 2 bridgehead atoms. The number of nitrogens with zero attached hydrogens (tertiary/aromatic N) is 1. The molecular formula is C16H20ClNO. The van der Waals surface area contributed by atoms with Gasteiger partial charge in [0.15, 0.2) is 0 Å². The Bertz CT molecular complexity index is 456. The van der Waals surface area contributed by atoms with Crippen molar-refractivity contribution in [2.45, 2.75) is 56.5 Å². The van der Waals surface area contributed by atoms with Crippen LogP contribution in [0.5, 0.6) is 0 Å². The zero-order chi connectivity index (χ0) is 13.4. The van der Waals surface area contributed by atoms with Crippen molar-refractivity contribution < 1.29 is 4.79 Å². The molecule has 2 heterocycles. The summed E-state index contributed by atoms with van der Waals surface area (Å²) in [6.07, 6.45) is 4.73. The minimum absolute atomic E-state index is 0.265. The Morgan fingerprint density at radius 2 is 1.79 bits per heavy atom. The first kappa shape index (κ1) is 13.0. The van der Waals surface area contributed by atoms with E-state index in [4.69, 9.17) is 11.6 Å². The van der Waals surface area contributed by atoms with Gasteiger partial charge in [0.1, 0.15) is 0 Å². The Morgan fingerprint density at radius 1 is 1.21 bits per heavy atom. The SMILES string of the molecule is Cc1ccc(CC(=O)N2C3CCC2CC(Cl)C3)cc1. The average molecular weight is 278 g/mol. The number of piperidine rings is 1. The van der Waals surface area contributed by atoms with E-state index in [2.05, 4.69) is 36.1 Å². The van der Waals surface area contributed by atoms with Crippen LogP contribution in [0.2, 0.25) is 0 Å². The van der Waals surface area contributed by atoms with Crippen LogP contribution in [0.25, 0.3) is 0 Å². The van der Waals surface area contributed by atoms with Crippen LogP contribution in [0.3, 0.4) is 0 Å². The third-order valence-corrected chi connectivity index (χ3v) is 4.80. The minimum atomic E-state index is 0.265. The molecule has 2 aliphatic heterocycles. The van der Waals surface area contributed by atoms with Gasteiger partial charge in [0.05, 0.1) is 6.42 Å². The molecule has 1 aromatic carbocycles. The highest BCUT2D eigenvalue weighted by Crippen LogP contribution is 2.38. The summed E-state index contributed by atoms with van der Waals surface area (Å²) in [5.41, 5.74) is 2.35. The predicted molar refractivity (Wildman–Crippen MR) is 77.4 cm³/mol. The van der Waals surface area contributed by atoms with Gasteiger partial charge in [-0.2, -0.15) is 0 Å². The molecule has 0 radical (unpaired) electrons. The number of rotatable bonds is 2. The highest BCUT2D eigenvalue weighted by molar-refractivity contribution is 6.20.